The molecule has 2 aromatic rings. The van der Waals surface area contributed by atoms with Gasteiger partial charge in [0.25, 0.3) is 11.8 Å². The predicted octanol–water partition coefficient (Wildman–Crippen LogP) is 2.76. The fraction of sp³-hybridized carbons (Fsp3) is 0.500. The van der Waals surface area contributed by atoms with Crippen molar-refractivity contribution in [1.82, 2.24) is 20.0 Å². The van der Waals surface area contributed by atoms with Crippen molar-refractivity contribution in [3.8, 4) is 0 Å². The van der Waals surface area contributed by atoms with E-state index < -0.39 is 5.54 Å². The van der Waals surface area contributed by atoms with Gasteiger partial charge in [0.05, 0.1) is 6.26 Å². The number of rotatable bonds is 7. The highest BCUT2D eigenvalue weighted by molar-refractivity contribution is 6.07. The van der Waals surface area contributed by atoms with Crippen LogP contribution in [0.4, 0.5) is 4.79 Å². The summed E-state index contributed by atoms with van der Waals surface area (Å²) in [5, 5.41) is 3.13. The van der Waals surface area contributed by atoms with Crippen LogP contribution in [0.3, 0.4) is 0 Å². The summed E-state index contributed by atoms with van der Waals surface area (Å²) in [7, 11) is 0. The summed E-state index contributed by atoms with van der Waals surface area (Å²) in [5.41, 5.74) is 0.0372. The van der Waals surface area contributed by atoms with Crippen molar-refractivity contribution in [3.63, 3.8) is 0 Å². The van der Waals surface area contributed by atoms with Crippen molar-refractivity contribution in [3.05, 3.63) is 60.1 Å². The Hall–Kier alpha value is -3.13. The molecule has 0 unspecified atom stereocenters. The number of furan rings is 1. The summed E-state index contributed by atoms with van der Waals surface area (Å²) in [6.07, 6.45) is 5.59. The Morgan fingerprint density at radius 1 is 0.971 bits per heavy atom. The van der Waals surface area contributed by atoms with Crippen molar-refractivity contribution in [2.75, 3.05) is 39.3 Å². The summed E-state index contributed by atoms with van der Waals surface area (Å²) in [6.45, 7) is 4.24. The van der Waals surface area contributed by atoms with Crippen LogP contribution in [0.15, 0.2) is 53.1 Å². The summed E-state index contributed by atoms with van der Waals surface area (Å²) in [6, 6.07) is 13.0. The van der Waals surface area contributed by atoms with Crippen LogP contribution < -0.4 is 5.32 Å². The average molecular weight is 465 g/mol. The van der Waals surface area contributed by atoms with Gasteiger partial charge in [-0.05, 0) is 62.4 Å². The Morgan fingerprint density at radius 3 is 2.38 bits per heavy atom. The number of likely N-dealkylation sites (tertiary alicyclic amines) is 2. The monoisotopic (exact) mass is 464 g/mol. The molecule has 8 heteroatoms. The number of amides is 4. The number of nitrogens with one attached hydrogen (secondary N) is 1. The minimum atomic E-state index is -0.983. The predicted molar refractivity (Wildman–Crippen MR) is 126 cm³/mol. The molecular formula is C26H32N4O4. The first kappa shape index (κ1) is 22.7. The molecule has 0 saturated carbocycles. The first-order chi connectivity index (χ1) is 16.6. The van der Waals surface area contributed by atoms with E-state index in [2.05, 4.69) is 10.2 Å². The normalized spacial score (nSPS) is 24.1. The second-order valence-corrected chi connectivity index (χ2v) is 9.61. The van der Waals surface area contributed by atoms with Gasteiger partial charge in [0.2, 0.25) is 0 Å². The molecule has 4 heterocycles. The molecule has 0 aliphatic carbocycles. The van der Waals surface area contributed by atoms with Gasteiger partial charge in [-0.15, -0.1) is 0 Å². The lowest BCUT2D eigenvalue weighted by molar-refractivity contribution is -0.134. The van der Waals surface area contributed by atoms with Gasteiger partial charge in [-0.3, -0.25) is 14.5 Å². The summed E-state index contributed by atoms with van der Waals surface area (Å²) < 4.78 is 5.28. The van der Waals surface area contributed by atoms with Crippen molar-refractivity contribution < 1.29 is 18.8 Å². The summed E-state index contributed by atoms with van der Waals surface area (Å²) in [5.74, 6) is 0.0170. The van der Waals surface area contributed by atoms with Crippen LogP contribution in [-0.2, 0) is 11.2 Å². The van der Waals surface area contributed by atoms with E-state index in [-0.39, 0.29) is 23.8 Å². The standard InChI is InChI=1S/C26H32N4O4/c31-23(22-9-6-18-34-22)29-14-10-21(11-15-29)26(19-20-7-2-1-3-8-20)24(32)30(25(33)27-26)17-16-28-12-4-5-13-28/h1-3,6-9,18,21H,4-5,10-17,19H2,(H,27,33)/t26-/m1/s1. The zero-order valence-electron chi connectivity index (χ0n) is 19.4. The molecule has 8 nitrogen and oxygen atoms in total. The lowest BCUT2D eigenvalue weighted by Gasteiger charge is -2.41. The molecule has 5 rings (SSSR count). The number of hydrogen-bond acceptors (Lipinski definition) is 5. The second-order valence-electron chi connectivity index (χ2n) is 9.61. The molecule has 4 amide bonds. The van der Waals surface area contributed by atoms with Gasteiger partial charge >= 0.3 is 6.03 Å². The maximum Gasteiger partial charge on any atom is 0.325 e. The zero-order chi connectivity index (χ0) is 23.5. The van der Waals surface area contributed by atoms with Crippen molar-refractivity contribution >= 4 is 17.8 Å². The van der Waals surface area contributed by atoms with E-state index in [9.17, 15) is 14.4 Å². The Balaban J connectivity index is 1.34. The zero-order valence-corrected chi connectivity index (χ0v) is 19.4. The fourth-order valence-electron chi connectivity index (χ4n) is 5.69. The van der Waals surface area contributed by atoms with Crippen LogP contribution in [0.2, 0.25) is 0 Å². The van der Waals surface area contributed by atoms with Gasteiger partial charge < -0.3 is 19.5 Å². The molecule has 34 heavy (non-hydrogen) atoms. The molecule has 1 atom stereocenters. The molecule has 1 aromatic carbocycles. The van der Waals surface area contributed by atoms with Gasteiger partial charge in [0, 0.05) is 32.6 Å². The van der Waals surface area contributed by atoms with Crippen LogP contribution >= 0.6 is 0 Å². The molecule has 3 fully saturated rings. The highest BCUT2D eigenvalue weighted by Gasteiger charge is 2.56. The number of urea groups is 1. The average Bonchev–Trinajstić information content (AvgIpc) is 3.62. The molecule has 3 aliphatic heterocycles. The molecular weight excluding hydrogens is 432 g/mol. The molecule has 0 bridgehead atoms. The number of carbonyl (C=O) groups is 3. The Labute approximate surface area is 199 Å². The molecule has 3 saturated heterocycles. The van der Waals surface area contributed by atoms with E-state index in [1.807, 2.05) is 30.3 Å². The maximum atomic E-state index is 13.9. The SMILES string of the molecule is O=C(c1ccco1)N1CCC([C@@]2(Cc3ccccc3)NC(=O)N(CCN3CCCC3)C2=O)CC1. The Kier molecular flexibility index (Phi) is 6.41. The van der Waals surface area contributed by atoms with Gasteiger partial charge in [-0.2, -0.15) is 0 Å². The summed E-state index contributed by atoms with van der Waals surface area (Å²) in [4.78, 5) is 45.2. The Morgan fingerprint density at radius 2 is 1.71 bits per heavy atom. The van der Waals surface area contributed by atoms with Gasteiger partial charge in [0.1, 0.15) is 5.54 Å². The van der Waals surface area contributed by atoms with E-state index >= 15 is 0 Å². The molecule has 1 N–H and O–H groups in total. The number of benzene rings is 1. The van der Waals surface area contributed by atoms with E-state index in [0.717, 1.165) is 25.2 Å². The van der Waals surface area contributed by atoms with Crippen LogP contribution in [0.1, 0.15) is 41.8 Å². The quantitative estimate of drug-likeness (QED) is 0.637. The lowest BCUT2D eigenvalue weighted by atomic mass is 9.74. The van der Waals surface area contributed by atoms with Crippen molar-refractivity contribution in [1.29, 1.82) is 0 Å². The minimum Gasteiger partial charge on any atom is -0.459 e. The van der Waals surface area contributed by atoms with Crippen LogP contribution in [-0.4, -0.2) is 77.4 Å². The Bertz CT molecular complexity index is 1010. The van der Waals surface area contributed by atoms with E-state index in [1.54, 1.807) is 17.0 Å². The second kappa shape index (κ2) is 9.62. The third-order valence-corrected chi connectivity index (χ3v) is 7.58. The maximum absolute atomic E-state index is 13.9. The topological polar surface area (TPSA) is 86.1 Å². The third kappa shape index (κ3) is 4.34. The summed E-state index contributed by atoms with van der Waals surface area (Å²) >= 11 is 0. The number of hydrogen-bond donors (Lipinski definition) is 1. The number of nitrogens with zero attached hydrogens (tertiary/aromatic N) is 3. The highest BCUT2D eigenvalue weighted by Crippen LogP contribution is 2.37. The van der Waals surface area contributed by atoms with Gasteiger partial charge in [0.15, 0.2) is 5.76 Å². The first-order valence-electron chi connectivity index (χ1n) is 12.3. The van der Waals surface area contributed by atoms with E-state index in [4.69, 9.17) is 4.42 Å². The van der Waals surface area contributed by atoms with Gasteiger partial charge in [-0.25, -0.2) is 4.79 Å². The van der Waals surface area contributed by atoms with Crippen molar-refractivity contribution in [2.24, 2.45) is 5.92 Å². The van der Waals surface area contributed by atoms with E-state index in [0.29, 0.717) is 44.7 Å². The molecule has 1 aromatic heterocycles. The number of imide groups is 1. The fourth-order valence-corrected chi connectivity index (χ4v) is 5.69. The van der Waals surface area contributed by atoms with Crippen LogP contribution in [0.25, 0.3) is 0 Å². The van der Waals surface area contributed by atoms with Gasteiger partial charge in [-0.1, -0.05) is 30.3 Å². The molecule has 0 radical (unpaired) electrons. The number of piperidine rings is 1. The first-order valence-corrected chi connectivity index (χ1v) is 12.3. The van der Waals surface area contributed by atoms with E-state index in [1.165, 1.54) is 24.0 Å². The van der Waals surface area contributed by atoms with Crippen LogP contribution in [0.5, 0.6) is 0 Å². The number of carbonyl (C=O) groups excluding carboxylic acids is 3. The minimum absolute atomic E-state index is 0.0541. The molecule has 0 spiro atoms. The van der Waals surface area contributed by atoms with Crippen molar-refractivity contribution in [2.45, 2.75) is 37.6 Å². The lowest BCUT2D eigenvalue weighted by Crippen LogP contribution is -2.58. The third-order valence-electron chi connectivity index (χ3n) is 7.58. The van der Waals surface area contributed by atoms with Crippen LogP contribution in [0, 0.1) is 5.92 Å². The highest BCUT2D eigenvalue weighted by atomic mass is 16.3. The molecule has 3 aliphatic rings. The largest absolute Gasteiger partial charge is 0.459 e. The smallest absolute Gasteiger partial charge is 0.325 e. The molecule has 180 valence electrons.